The highest BCUT2D eigenvalue weighted by Crippen LogP contribution is 2.32. The molecule has 6 nitrogen and oxygen atoms in total. The molecule has 3 aromatic rings. The third kappa shape index (κ3) is 4.88. The van der Waals surface area contributed by atoms with Crippen molar-refractivity contribution in [2.45, 2.75) is 65.2 Å². The maximum atomic E-state index is 13.6. The van der Waals surface area contributed by atoms with Crippen LogP contribution in [0.4, 0.5) is 0 Å². The number of nitrogens with zero attached hydrogens (tertiary/aromatic N) is 3. The summed E-state index contributed by atoms with van der Waals surface area (Å²) in [6.45, 7) is 7.27. The Hall–Kier alpha value is -3.41. The molecule has 0 radical (unpaired) electrons. The number of hydrogen-bond donors (Lipinski definition) is 1. The monoisotopic (exact) mass is 473 g/mol. The number of aromatic nitrogens is 2. The number of likely N-dealkylation sites (tertiary alicyclic amines) is 1. The van der Waals surface area contributed by atoms with Crippen LogP contribution in [0.5, 0.6) is 5.88 Å². The number of rotatable bonds is 8. The molecule has 2 heterocycles. The van der Waals surface area contributed by atoms with Gasteiger partial charge in [0.15, 0.2) is 5.56 Å². The second kappa shape index (κ2) is 10.9. The van der Waals surface area contributed by atoms with Crippen LogP contribution in [0.15, 0.2) is 53.3 Å². The molecule has 1 aliphatic rings. The van der Waals surface area contributed by atoms with Gasteiger partial charge in [-0.25, -0.2) is 0 Å². The lowest BCUT2D eigenvalue weighted by molar-refractivity contribution is 0.0784. The number of carbonyl (C=O) groups is 1. The first-order valence-electron chi connectivity index (χ1n) is 12.8. The highest BCUT2D eigenvalue weighted by atomic mass is 16.3. The van der Waals surface area contributed by atoms with E-state index >= 15 is 0 Å². The van der Waals surface area contributed by atoms with Gasteiger partial charge in [0.2, 0.25) is 5.88 Å². The zero-order valence-corrected chi connectivity index (χ0v) is 21.0. The minimum Gasteiger partial charge on any atom is -0.493 e. The van der Waals surface area contributed by atoms with E-state index in [0.717, 1.165) is 48.9 Å². The van der Waals surface area contributed by atoms with Crippen molar-refractivity contribution in [1.29, 1.82) is 0 Å². The lowest BCUT2D eigenvalue weighted by atomic mass is 9.99. The van der Waals surface area contributed by atoms with Gasteiger partial charge in [-0.1, -0.05) is 75.7 Å². The van der Waals surface area contributed by atoms with E-state index < -0.39 is 11.5 Å². The average Bonchev–Trinajstić information content (AvgIpc) is 3.38. The molecule has 4 rings (SSSR count). The van der Waals surface area contributed by atoms with Gasteiger partial charge >= 0.3 is 0 Å². The largest absolute Gasteiger partial charge is 0.493 e. The number of unbranched alkanes of at least 4 members (excludes halogenated alkanes) is 1. The third-order valence-corrected chi connectivity index (χ3v) is 7.04. The Morgan fingerprint density at radius 3 is 2.34 bits per heavy atom. The Kier molecular flexibility index (Phi) is 7.69. The number of para-hydroxylation sites is 1. The van der Waals surface area contributed by atoms with E-state index in [9.17, 15) is 14.7 Å². The molecule has 1 saturated heterocycles. The summed E-state index contributed by atoms with van der Waals surface area (Å²) in [5, 5.41) is 11.5. The summed E-state index contributed by atoms with van der Waals surface area (Å²) in [6, 6.07) is 16.2. The van der Waals surface area contributed by atoms with E-state index in [1.165, 1.54) is 5.56 Å². The van der Waals surface area contributed by atoms with Gasteiger partial charge < -0.3 is 10.0 Å². The molecule has 1 aromatic heterocycles. The Labute approximate surface area is 207 Å². The van der Waals surface area contributed by atoms with Gasteiger partial charge in [0.05, 0.1) is 5.69 Å². The normalized spacial score (nSPS) is 15.5. The molecule has 6 heteroatoms. The Bertz CT molecular complexity index is 1230. The summed E-state index contributed by atoms with van der Waals surface area (Å²) in [6.07, 6.45) is 4.66. The Morgan fingerprint density at radius 1 is 1.03 bits per heavy atom. The topological polar surface area (TPSA) is 75.4 Å². The maximum absolute atomic E-state index is 13.6. The lowest BCUT2D eigenvalue weighted by Gasteiger charge is -2.23. The fourth-order valence-corrected chi connectivity index (χ4v) is 5.08. The zero-order valence-electron chi connectivity index (χ0n) is 21.0. The first-order chi connectivity index (χ1) is 17.0. The van der Waals surface area contributed by atoms with E-state index in [0.29, 0.717) is 25.3 Å². The summed E-state index contributed by atoms with van der Waals surface area (Å²) >= 11 is 0. The Morgan fingerprint density at radius 2 is 1.71 bits per heavy atom. The average molecular weight is 474 g/mol. The van der Waals surface area contributed by atoms with E-state index in [1.54, 1.807) is 9.47 Å². The van der Waals surface area contributed by atoms with Crippen LogP contribution >= 0.6 is 0 Å². The summed E-state index contributed by atoms with van der Waals surface area (Å²) in [4.78, 5) is 32.8. The summed E-state index contributed by atoms with van der Waals surface area (Å²) in [5.74, 6) is -0.0139. The minimum absolute atomic E-state index is 0.216. The molecule has 0 bridgehead atoms. The first kappa shape index (κ1) is 24.7. The predicted octanol–water partition coefficient (Wildman–Crippen LogP) is 5.04. The van der Waals surface area contributed by atoms with Crippen molar-refractivity contribution in [2.75, 3.05) is 13.1 Å². The van der Waals surface area contributed by atoms with Gasteiger partial charge in [0, 0.05) is 25.4 Å². The molecule has 0 unspecified atom stereocenters. The second-order valence-corrected chi connectivity index (χ2v) is 9.25. The molecule has 1 amide bonds. The molecular weight excluding hydrogens is 438 g/mol. The van der Waals surface area contributed by atoms with E-state index in [2.05, 4.69) is 37.9 Å². The van der Waals surface area contributed by atoms with Crippen LogP contribution in [0.25, 0.3) is 5.69 Å². The third-order valence-electron chi connectivity index (χ3n) is 7.04. The molecule has 184 valence electrons. The Balaban J connectivity index is 1.80. The van der Waals surface area contributed by atoms with Gasteiger partial charge in [-0.15, -0.1) is 0 Å². The summed E-state index contributed by atoms with van der Waals surface area (Å²) in [7, 11) is 0. The van der Waals surface area contributed by atoms with Crippen LogP contribution in [0, 0.1) is 0 Å². The highest BCUT2D eigenvalue weighted by molar-refractivity contribution is 5.96. The van der Waals surface area contributed by atoms with Gasteiger partial charge in [-0.2, -0.15) is 4.98 Å². The van der Waals surface area contributed by atoms with Crippen molar-refractivity contribution >= 4 is 5.91 Å². The molecule has 0 saturated carbocycles. The molecule has 1 fully saturated rings. The van der Waals surface area contributed by atoms with Crippen LogP contribution in [-0.4, -0.2) is 38.6 Å². The maximum Gasteiger partial charge on any atom is 0.289 e. The smallest absolute Gasteiger partial charge is 0.289 e. The van der Waals surface area contributed by atoms with E-state index in [4.69, 9.17) is 0 Å². The number of aromatic hydroxyl groups is 1. The molecule has 1 aliphatic heterocycles. The van der Waals surface area contributed by atoms with Crippen molar-refractivity contribution in [3.8, 4) is 11.6 Å². The molecule has 1 N–H and O–H groups in total. The van der Waals surface area contributed by atoms with Crippen molar-refractivity contribution in [3.63, 3.8) is 0 Å². The second-order valence-electron chi connectivity index (χ2n) is 9.25. The van der Waals surface area contributed by atoms with Crippen LogP contribution in [0.2, 0.25) is 0 Å². The van der Waals surface area contributed by atoms with Crippen molar-refractivity contribution in [3.05, 3.63) is 87.0 Å². The molecule has 0 aliphatic carbocycles. The standard InChI is InChI=1S/C29H35N3O3/c1-4-7-16-24-30-27(33)25(28(34)31-18-17-23(19-31)22-12-9-8-10-13-22)29(35)32(24)26-20(5-2)14-11-15-21(26)6-3/h8-15,23,35H,4-7,16-19H2,1-3H3/t23-/m0/s1. The number of hydrogen-bond acceptors (Lipinski definition) is 4. The predicted molar refractivity (Wildman–Crippen MR) is 139 cm³/mol. The van der Waals surface area contributed by atoms with Crippen molar-refractivity contribution in [2.24, 2.45) is 0 Å². The molecule has 0 spiro atoms. The molecule has 1 atom stereocenters. The highest BCUT2D eigenvalue weighted by Gasteiger charge is 2.33. The van der Waals surface area contributed by atoms with Gasteiger partial charge in [-0.3, -0.25) is 14.2 Å². The zero-order chi connectivity index (χ0) is 24.9. The van der Waals surface area contributed by atoms with Crippen LogP contribution in [-0.2, 0) is 19.3 Å². The van der Waals surface area contributed by atoms with Gasteiger partial charge in [-0.05, 0) is 42.4 Å². The minimum atomic E-state index is -0.648. The molecule has 35 heavy (non-hydrogen) atoms. The summed E-state index contributed by atoms with van der Waals surface area (Å²) < 4.78 is 1.67. The van der Waals surface area contributed by atoms with Crippen LogP contribution in [0.3, 0.4) is 0 Å². The van der Waals surface area contributed by atoms with Crippen molar-refractivity contribution in [1.82, 2.24) is 14.5 Å². The number of carbonyl (C=O) groups excluding carboxylic acids is 1. The first-order valence-corrected chi connectivity index (χ1v) is 12.8. The fraction of sp³-hybridized carbons (Fsp3) is 0.414. The van der Waals surface area contributed by atoms with Gasteiger partial charge in [0.1, 0.15) is 5.82 Å². The van der Waals surface area contributed by atoms with Gasteiger partial charge in [0.25, 0.3) is 11.5 Å². The SMILES string of the molecule is CCCCc1nc(=O)c(C(=O)N2CC[C@H](c3ccccc3)C2)c(O)n1-c1c(CC)cccc1CC. The van der Waals surface area contributed by atoms with Crippen LogP contribution in [0.1, 0.15) is 78.8 Å². The number of aryl methyl sites for hydroxylation is 3. The van der Waals surface area contributed by atoms with Crippen LogP contribution < -0.4 is 5.56 Å². The molecule has 2 aromatic carbocycles. The fourth-order valence-electron chi connectivity index (χ4n) is 5.08. The van der Waals surface area contributed by atoms with E-state index in [1.807, 2.05) is 36.4 Å². The summed E-state index contributed by atoms with van der Waals surface area (Å²) in [5.41, 5.74) is 3.24. The van der Waals surface area contributed by atoms with Crippen molar-refractivity contribution < 1.29 is 9.90 Å². The lowest BCUT2D eigenvalue weighted by Crippen LogP contribution is -2.35. The van der Waals surface area contributed by atoms with E-state index in [-0.39, 0.29) is 17.4 Å². The number of benzene rings is 2. The molecular formula is C29H35N3O3. The number of amides is 1. The quantitative estimate of drug-likeness (QED) is 0.498.